The van der Waals surface area contributed by atoms with E-state index in [1.54, 1.807) is 6.20 Å². The zero-order chi connectivity index (χ0) is 17.3. The van der Waals surface area contributed by atoms with Crippen LogP contribution in [0, 0.1) is 13.8 Å². The van der Waals surface area contributed by atoms with E-state index in [9.17, 15) is 14.7 Å². The van der Waals surface area contributed by atoms with Gasteiger partial charge in [0.1, 0.15) is 0 Å². The maximum absolute atomic E-state index is 12.7. The molecule has 0 fully saturated rings. The summed E-state index contributed by atoms with van der Waals surface area (Å²) in [7, 11) is 0. The predicted molar refractivity (Wildman–Crippen MR) is 93.5 cm³/mol. The number of aliphatic carboxylic acids is 1. The minimum atomic E-state index is -0.988. The Morgan fingerprint density at radius 3 is 2.62 bits per heavy atom. The van der Waals surface area contributed by atoms with Crippen LogP contribution in [0.5, 0.6) is 0 Å². The number of aromatic amines is 1. The number of carboxylic acid groups (broad SMARTS) is 1. The van der Waals surface area contributed by atoms with Gasteiger partial charge in [0.05, 0.1) is 5.92 Å². The topological polar surface area (TPSA) is 70.2 Å². The summed E-state index contributed by atoms with van der Waals surface area (Å²) < 4.78 is 0. The molecule has 0 radical (unpaired) electrons. The van der Waals surface area contributed by atoms with Gasteiger partial charge in [0.2, 0.25) is 0 Å². The molecule has 0 amide bonds. The molecule has 0 aliphatic rings. The first-order valence-corrected chi connectivity index (χ1v) is 7.86. The molecule has 0 spiro atoms. The van der Waals surface area contributed by atoms with Crippen molar-refractivity contribution in [2.75, 3.05) is 0 Å². The van der Waals surface area contributed by atoms with E-state index in [1.165, 1.54) is 0 Å². The summed E-state index contributed by atoms with van der Waals surface area (Å²) in [5, 5.41) is 10.5. The van der Waals surface area contributed by atoms with Gasteiger partial charge in [-0.15, -0.1) is 0 Å². The average molecular weight is 321 g/mol. The number of carboxylic acids is 1. The lowest BCUT2D eigenvalue weighted by molar-refractivity contribution is -0.138. The van der Waals surface area contributed by atoms with E-state index in [4.69, 9.17) is 0 Å². The SMILES string of the molecule is Cc1ccc(C)c(C(=O)CC(C(=O)O)c2c[nH]c3ccccc23)c1. The number of hydrogen-bond acceptors (Lipinski definition) is 2. The number of aromatic nitrogens is 1. The summed E-state index contributed by atoms with van der Waals surface area (Å²) in [6.07, 6.45) is 1.64. The lowest BCUT2D eigenvalue weighted by Crippen LogP contribution is -2.16. The van der Waals surface area contributed by atoms with Crippen LogP contribution in [0.15, 0.2) is 48.7 Å². The second-order valence-electron chi connectivity index (χ2n) is 6.13. The van der Waals surface area contributed by atoms with E-state index in [1.807, 2.05) is 56.3 Å². The van der Waals surface area contributed by atoms with Crippen molar-refractivity contribution in [3.8, 4) is 0 Å². The fraction of sp³-hybridized carbons (Fsp3) is 0.200. The molecule has 122 valence electrons. The molecule has 4 heteroatoms. The van der Waals surface area contributed by atoms with Crippen molar-refractivity contribution in [1.29, 1.82) is 0 Å². The van der Waals surface area contributed by atoms with Crippen LogP contribution >= 0.6 is 0 Å². The Morgan fingerprint density at radius 1 is 1.12 bits per heavy atom. The maximum atomic E-state index is 12.7. The highest BCUT2D eigenvalue weighted by Crippen LogP contribution is 2.29. The standard InChI is InChI=1S/C20H19NO3/c1-12-7-8-13(2)15(9-12)19(22)10-16(20(23)24)17-11-21-18-6-4-3-5-14(17)18/h3-9,11,16,21H,10H2,1-2H3,(H,23,24). The van der Waals surface area contributed by atoms with Crippen molar-refractivity contribution >= 4 is 22.7 Å². The molecule has 0 aliphatic heterocycles. The van der Waals surface area contributed by atoms with Gasteiger partial charge in [-0.3, -0.25) is 9.59 Å². The van der Waals surface area contributed by atoms with Crippen molar-refractivity contribution in [3.63, 3.8) is 0 Å². The number of benzene rings is 2. The highest BCUT2D eigenvalue weighted by Gasteiger charge is 2.27. The van der Waals surface area contributed by atoms with Gasteiger partial charge in [0.25, 0.3) is 0 Å². The van der Waals surface area contributed by atoms with Crippen molar-refractivity contribution in [2.45, 2.75) is 26.2 Å². The number of para-hydroxylation sites is 1. The molecule has 0 saturated heterocycles. The fourth-order valence-corrected chi connectivity index (χ4v) is 3.04. The lowest BCUT2D eigenvalue weighted by atomic mass is 9.89. The summed E-state index contributed by atoms with van der Waals surface area (Å²) in [6.45, 7) is 3.79. The fourth-order valence-electron chi connectivity index (χ4n) is 3.04. The van der Waals surface area contributed by atoms with Crippen LogP contribution in [0.3, 0.4) is 0 Å². The highest BCUT2D eigenvalue weighted by atomic mass is 16.4. The molecular weight excluding hydrogens is 302 g/mol. The smallest absolute Gasteiger partial charge is 0.311 e. The number of carbonyl (C=O) groups is 2. The monoisotopic (exact) mass is 321 g/mol. The van der Waals surface area contributed by atoms with Gasteiger partial charge in [-0.2, -0.15) is 0 Å². The zero-order valence-electron chi connectivity index (χ0n) is 13.7. The first-order valence-electron chi connectivity index (χ1n) is 7.86. The van der Waals surface area contributed by atoms with E-state index in [-0.39, 0.29) is 12.2 Å². The molecule has 2 aromatic carbocycles. The molecule has 1 atom stereocenters. The van der Waals surface area contributed by atoms with E-state index in [0.29, 0.717) is 11.1 Å². The van der Waals surface area contributed by atoms with Crippen LogP contribution < -0.4 is 0 Å². The molecule has 2 N–H and O–H groups in total. The molecule has 1 aromatic heterocycles. The summed E-state index contributed by atoms with van der Waals surface area (Å²) in [6, 6.07) is 13.2. The van der Waals surface area contributed by atoms with Crippen molar-refractivity contribution in [3.05, 3.63) is 70.9 Å². The van der Waals surface area contributed by atoms with Gasteiger partial charge in [-0.1, -0.05) is 35.9 Å². The normalized spacial score (nSPS) is 12.2. The number of H-pyrrole nitrogens is 1. The summed E-state index contributed by atoms with van der Waals surface area (Å²) in [4.78, 5) is 27.6. The Labute approximate surface area is 140 Å². The Kier molecular flexibility index (Phi) is 4.21. The van der Waals surface area contributed by atoms with E-state index < -0.39 is 11.9 Å². The molecule has 1 heterocycles. The molecule has 0 saturated carbocycles. The van der Waals surface area contributed by atoms with Crippen molar-refractivity contribution in [1.82, 2.24) is 4.98 Å². The van der Waals surface area contributed by atoms with Crippen LogP contribution in [0.2, 0.25) is 0 Å². The van der Waals surface area contributed by atoms with Crippen LogP contribution in [-0.4, -0.2) is 21.8 Å². The van der Waals surface area contributed by atoms with Gasteiger partial charge in [0.15, 0.2) is 5.78 Å². The highest BCUT2D eigenvalue weighted by molar-refractivity contribution is 6.01. The minimum absolute atomic E-state index is 0.0541. The number of rotatable bonds is 5. The van der Waals surface area contributed by atoms with Crippen LogP contribution in [0.25, 0.3) is 10.9 Å². The second-order valence-corrected chi connectivity index (χ2v) is 6.13. The lowest BCUT2D eigenvalue weighted by Gasteiger charge is -2.13. The number of Topliss-reactive ketones (excluding diaryl/α,β-unsaturated/α-hetero) is 1. The third kappa shape index (κ3) is 2.95. The Bertz CT molecular complexity index is 924. The van der Waals surface area contributed by atoms with Gasteiger partial charge < -0.3 is 10.1 Å². The van der Waals surface area contributed by atoms with Crippen LogP contribution in [0.1, 0.15) is 39.4 Å². The quantitative estimate of drug-likeness (QED) is 0.691. The number of carbonyl (C=O) groups excluding carboxylic acids is 1. The predicted octanol–water partition coefficient (Wildman–Crippen LogP) is 4.23. The molecule has 1 unspecified atom stereocenters. The van der Waals surface area contributed by atoms with Gasteiger partial charge in [-0.25, -0.2) is 0 Å². The van der Waals surface area contributed by atoms with Crippen LogP contribution in [0.4, 0.5) is 0 Å². The van der Waals surface area contributed by atoms with E-state index >= 15 is 0 Å². The molecule has 0 aliphatic carbocycles. The van der Waals surface area contributed by atoms with Gasteiger partial charge >= 0.3 is 5.97 Å². The van der Waals surface area contributed by atoms with Gasteiger partial charge in [-0.05, 0) is 37.1 Å². The number of hydrogen-bond donors (Lipinski definition) is 2. The van der Waals surface area contributed by atoms with E-state index in [0.717, 1.165) is 22.0 Å². The molecule has 4 nitrogen and oxygen atoms in total. The molecule has 0 bridgehead atoms. The number of aryl methyl sites for hydroxylation is 2. The van der Waals surface area contributed by atoms with Gasteiger partial charge in [0, 0.05) is 29.1 Å². The first-order chi connectivity index (χ1) is 11.5. The molecule has 24 heavy (non-hydrogen) atoms. The number of nitrogens with one attached hydrogen (secondary N) is 1. The summed E-state index contributed by atoms with van der Waals surface area (Å²) in [5.41, 5.74) is 3.98. The molecule has 3 aromatic rings. The average Bonchev–Trinajstić information content (AvgIpc) is 2.98. The number of ketones is 1. The third-order valence-electron chi connectivity index (χ3n) is 4.38. The van der Waals surface area contributed by atoms with Crippen LogP contribution in [-0.2, 0) is 4.79 Å². The van der Waals surface area contributed by atoms with Crippen molar-refractivity contribution < 1.29 is 14.7 Å². The Hall–Kier alpha value is -2.88. The molecule has 3 rings (SSSR count). The maximum Gasteiger partial charge on any atom is 0.311 e. The second kappa shape index (κ2) is 6.32. The zero-order valence-corrected chi connectivity index (χ0v) is 13.7. The first kappa shape index (κ1) is 16.0. The summed E-state index contributed by atoms with van der Waals surface area (Å²) in [5.74, 6) is -2.00. The van der Waals surface area contributed by atoms with Crippen molar-refractivity contribution in [2.24, 2.45) is 0 Å². The molecular formula is C20H19NO3. The largest absolute Gasteiger partial charge is 0.481 e. The Morgan fingerprint density at radius 2 is 1.88 bits per heavy atom. The third-order valence-corrected chi connectivity index (χ3v) is 4.38. The summed E-state index contributed by atoms with van der Waals surface area (Å²) >= 11 is 0. The number of fused-ring (bicyclic) bond motifs is 1. The van der Waals surface area contributed by atoms with E-state index in [2.05, 4.69) is 4.98 Å². The Balaban J connectivity index is 1.96. The minimum Gasteiger partial charge on any atom is -0.481 e.